The molecule has 1 atom stereocenters. The number of ether oxygens (including phenoxy) is 1. The van der Waals surface area contributed by atoms with Gasteiger partial charge in [0.2, 0.25) is 0 Å². The van der Waals surface area contributed by atoms with E-state index in [9.17, 15) is 0 Å². The average molecular weight is 317 g/mol. The predicted molar refractivity (Wildman–Crippen MR) is 97.0 cm³/mol. The predicted octanol–water partition coefficient (Wildman–Crippen LogP) is 3.16. The van der Waals surface area contributed by atoms with Crippen LogP contribution in [0.3, 0.4) is 0 Å². The number of nitrogens with zero attached hydrogens (tertiary/aromatic N) is 1. The molecular formula is C19H31N3O. The van der Waals surface area contributed by atoms with Gasteiger partial charge in [-0.15, -0.1) is 0 Å². The van der Waals surface area contributed by atoms with Gasteiger partial charge in [-0.1, -0.05) is 43.7 Å². The SMILES string of the molecule is CN=C(NCC(C)c1ccccc1)NCC1(CCOC)CCC1. The van der Waals surface area contributed by atoms with Crippen LogP contribution in [-0.2, 0) is 4.74 Å². The largest absolute Gasteiger partial charge is 0.385 e. The minimum absolute atomic E-state index is 0.401. The molecule has 2 rings (SSSR count). The van der Waals surface area contributed by atoms with Gasteiger partial charge in [-0.2, -0.15) is 0 Å². The maximum Gasteiger partial charge on any atom is 0.191 e. The van der Waals surface area contributed by atoms with Crippen molar-refractivity contribution < 1.29 is 4.74 Å². The highest BCUT2D eigenvalue weighted by atomic mass is 16.5. The number of methoxy groups -OCH3 is 1. The molecule has 1 aliphatic rings. The molecule has 1 aliphatic carbocycles. The summed E-state index contributed by atoms with van der Waals surface area (Å²) in [7, 11) is 3.62. The first kappa shape index (κ1) is 17.8. The minimum atomic E-state index is 0.401. The molecule has 0 heterocycles. The van der Waals surface area contributed by atoms with Gasteiger partial charge in [0.1, 0.15) is 0 Å². The highest BCUT2D eigenvalue weighted by Crippen LogP contribution is 2.43. The quantitative estimate of drug-likeness (QED) is 0.572. The number of guanidine groups is 1. The lowest BCUT2D eigenvalue weighted by molar-refractivity contribution is 0.0732. The summed E-state index contributed by atoms with van der Waals surface area (Å²) in [6.45, 7) is 4.95. The van der Waals surface area contributed by atoms with Gasteiger partial charge in [0.15, 0.2) is 5.96 Å². The fourth-order valence-electron chi connectivity index (χ4n) is 3.15. The molecule has 0 aliphatic heterocycles. The highest BCUT2D eigenvalue weighted by Gasteiger charge is 2.36. The van der Waals surface area contributed by atoms with Crippen LogP contribution in [0.5, 0.6) is 0 Å². The second-order valence-corrected chi connectivity index (χ2v) is 6.71. The van der Waals surface area contributed by atoms with Crippen molar-refractivity contribution in [1.29, 1.82) is 0 Å². The van der Waals surface area contributed by atoms with Crippen molar-refractivity contribution in [3.63, 3.8) is 0 Å². The Morgan fingerprint density at radius 3 is 2.57 bits per heavy atom. The molecule has 128 valence electrons. The molecule has 1 fully saturated rings. The minimum Gasteiger partial charge on any atom is -0.385 e. The summed E-state index contributed by atoms with van der Waals surface area (Å²) in [4.78, 5) is 4.36. The van der Waals surface area contributed by atoms with E-state index < -0.39 is 0 Å². The van der Waals surface area contributed by atoms with E-state index in [0.29, 0.717) is 11.3 Å². The number of hydrogen-bond acceptors (Lipinski definition) is 2. The van der Waals surface area contributed by atoms with Crippen LogP contribution in [0.15, 0.2) is 35.3 Å². The number of benzene rings is 1. The van der Waals surface area contributed by atoms with Gasteiger partial charge in [-0.3, -0.25) is 4.99 Å². The third kappa shape index (κ3) is 5.24. The average Bonchev–Trinajstić information content (AvgIpc) is 2.56. The maximum atomic E-state index is 5.26. The zero-order chi connectivity index (χ0) is 16.5. The normalized spacial score (nSPS) is 18.1. The Hall–Kier alpha value is -1.55. The van der Waals surface area contributed by atoms with E-state index in [2.05, 4.69) is 52.9 Å². The Bertz CT molecular complexity index is 483. The molecule has 0 radical (unpaired) electrons. The zero-order valence-electron chi connectivity index (χ0n) is 14.8. The number of aliphatic imine (C=N–C) groups is 1. The lowest BCUT2D eigenvalue weighted by Gasteiger charge is -2.42. The highest BCUT2D eigenvalue weighted by molar-refractivity contribution is 5.79. The molecule has 4 heteroatoms. The third-order valence-corrected chi connectivity index (χ3v) is 5.05. The van der Waals surface area contributed by atoms with E-state index in [1.165, 1.54) is 24.8 Å². The molecule has 0 bridgehead atoms. The molecule has 2 N–H and O–H groups in total. The van der Waals surface area contributed by atoms with Crippen molar-refractivity contribution in [1.82, 2.24) is 10.6 Å². The van der Waals surface area contributed by atoms with E-state index in [4.69, 9.17) is 4.74 Å². The Kier molecular flexibility index (Phi) is 6.90. The van der Waals surface area contributed by atoms with E-state index >= 15 is 0 Å². The topological polar surface area (TPSA) is 45.7 Å². The molecule has 1 saturated carbocycles. The summed E-state index contributed by atoms with van der Waals surface area (Å²) >= 11 is 0. The molecule has 0 amide bonds. The molecule has 0 spiro atoms. The third-order valence-electron chi connectivity index (χ3n) is 5.05. The monoisotopic (exact) mass is 317 g/mol. The summed E-state index contributed by atoms with van der Waals surface area (Å²) in [6, 6.07) is 10.6. The Balaban J connectivity index is 1.77. The summed E-state index contributed by atoms with van der Waals surface area (Å²) < 4.78 is 5.26. The smallest absolute Gasteiger partial charge is 0.191 e. The van der Waals surface area contributed by atoms with Crippen molar-refractivity contribution in [3.8, 4) is 0 Å². The first-order chi connectivity index (χ1) is 11.2. The standard InChI is InChI=1S/C19H31N3O/c1-16(17-8-5-4-6-9-17)14-21-18(20-2)22-15-19(10-7-11-19)12-13-23-3/h4-6,8-9,16H,7,10-15H2,1-3H3,(H2,20,21,22). The van der Waals surface area contributed by atoms with E-state index in [1.807, 2.05) is 7.05 Å². The van der Waals surface area contributed by atoms with Gasteiger partial charge >= 0.3 is 0 Å². The first-order valence-electron chi connectivity index (χ1n) is 8.67. The summed E-state index contributed by atoms with van der Waals surface area (Å²) in [5.41, 5.74) is 1.75. The zero-order valence-corrected chi connectivity index (χ0v) is 14.8. The lowest BCUT2D eigenvalue weighted by atomic mass is 9.67. The fraction of sp³-hybridized carbons (Fsp3) is 0.632. The van der Waals surface area contributed by atoms with Crippen LogP contribution in [0.1, 0.15) is 44.1 Å². The molecule has 0 saturated heterocycles. The summed E-state index contributed by atoms with van der Waals surface area (Å²) in [5, 5.41) is 6.96. The molecule has 4 nitrogen and oxygen atoms in total. The van der Waals surface area contributed by atoms with Gasteiger partial charge in [0.05, 0.1) is 0 Å². The van der Waals surface area contributed by atoms with Crippen molar-refractivity contribution in [2.45, 2.75) is 38.5 Å². The van der Waals surface area contributed by atoms with Gasteiger partial charge in [0, 0.05) is 33.9 Å². The number of nitrogens with one attached hydrogen (secondary N) is 2. The van der Waals surface area contributed by atoms with Crippen LogP contribution in [0.4, 0.5) is 0 Å². The van der Waals surface area contributed by atoms with Crippen molar-refractivity contribution in [2.24, 2.45) is 10.4 Å². The van der Waals surface area contributed by atoms with Crippen LogP contribution in [0.25, 0.3) is 0 Å². The van der Waals surface area contributed by atoms with Crippen LogP contribution >= 0.6 is 0 Å². The van der Waals surface area contributed by atoms with Gasteiger partial charge in [-0.25, -0.2) is 0 Å². The van der Waals surface area contributed by atoms with Crippen molar-refractivity contribution in [2.75, 3.05) is 33.9 Å². The van der Waals surface area contributed by atoms with Crippen molar-refractivity contribution >= 4 is 5.96 Å². The van der Waals surface area contributed by atoms with E-state index in [0.717, 1.165) is 32.1 Å². The molecule has 23 heavy (non-hydrogen) atoms. The maximum absolute atomic E-state index is 5.26. The molecule has 1 aromatic rings. The molecule has 1 aromatic carbocycles. The summed E-state index contributed by atoms with van der Waals surface area (Å²) in [5.74, 6) is 1.36. The first-order valence-corrected chi connectivity index (χ1v) is 8.67. The molecule has 1 unspecified atom stereocenters. The van der Waals surface area contributed by atoms with E-state index in [1.54, 1.807) is 7.11 Å². The van der Waals surface area contributed by atoms with Crippen molar-refractivity contribution in [3.05, 3.63) is 35.9 Å². The van der Waals surface area contributed by atoms with Crippen LogP contribution in [0.2, 0.25) is 0 Å². The fourth-order valence-corrected chi connectivity index (χ4v) is 3.15. The Morgan fingerprint density at radius 1 is 1.26 bits per heavy atom. The van der Waals surface area contributed by atoms with Gasteiger partial charge in [-0.05, 0) is 36.2 Å². The van der Waals surface area contributed by atoms with Gasteiger partial charge < -0.3 is 15.4 Å². The lowest BCUT2D eigenvalue weighted by Crippen LogP contribution is -2.47. The number of rotatable bonds is 8. The second-order valence-electron chi connectivity index (χ2n) is 6.71. The number of hydrogen-bond donors (Lipinski definition) is 2. The Morgan fingerprint density at radius 2 is 2.00 bits per heavy atom. The molecular weight excluding hydrogens is 286 g/mol. The van der Waals surface area contributed by atoms with Gasteiger partial charge in [0.25, 0.3) is 0 Å². The molecule has 0 aromatic heterocycles. The second kappa shape index (κ2) is 8.92. The Labute approximate surface area is 140 Å². The summed E-state index contributed by atoms with van der Waals surface area (Å²) in [6.07, 6.45) is 5.05. The van der Waals surface area contributed by atoms with Crippen LogP contribution in [-0.4, -0.2) is 39.8 Å². The van der Waals surface area contributed by atoms with E-state index in [-0.39, 0.29) is 0 Å². The van der Waals surface area contributed by atoms with Crippen LogP contribution < -0.4 is 10.6 Å². The van der Waals surface area contributed by atoms with Crippen LogP contribution in [0, 0.1) is 5.41 Å².